The van der Waals surface area contributed by atoms with Gasteiger partial charge < -0.3 is 5.32 Å². The molecular formula is C17H23N3O. The lowest BCUT2D eigenvalue weighted by Gasteiger charge is -2.23. The average Bonchev–Trinajstić information content (AvgIpc) is 2.69. The number of carbonyl (C=O) groups is 1. The van der Waals surface area contributed by atoms with Gasteiger partial charge in [0.15, 0.2) is 0 Å². The average molecular weight is 285 g/mol. The standard InChI is InChI=1S/C17H23N3O/c1-11-14(17(3,4)5)8-7-9-15(11)18-16(21)13-10-20(6)19-12(13)2/h7-10H,1-6H3,(H,18,21). The highest BCUT2D eigenvalue weighted by molar-refractivity contribution is 6.05. The van der Waals surface area contributed by atoms with Crippen LogP contribution in [0.2, 0.25) is 0 Å². The molecule has 0 aliphatic heterocycles. The van der Waals surface area contributed by atoms with Gasteiger partial charge in [0.25, 0.3) is 5.91 Å². The van der Waals surface area contributed by atoms with Crippen molar-refractivity contribution >= 4 is 11.6 Å². The molecule has 4 nitrogen and oxygen atoms in total. The van der Waals surface area contributed by atoms with Crippen molar-refractivity contribution in [3.05, 3.63) is 46.8 Å². The molecule has 1 amide bonds. The fourth-order valence-corrected chi connectivity index (χ4v) is 2.60. The van der Waals surface area contributed by atoms with Crippen LogP contribution in [0.1, 0.15) is 48.0 Å². The first-order valence-electron chi connectivity index (χ1n) is 7.12. The van der Waals surface area contributed by atoms with Gasteiger partial charge in [-0.3, -0.25) is 9.48 Å². The number of hydrogen-bond acceptors (Lipinski definition) is 2. The molecule has 0 saturated carbocycles. The second-order valence-electron chi connectivity index (χ2n) is 6.48. The molecule has 0 aliphatic rings. The second-order valence-corrected chi connectivity index (χ2v) is 6.48. The summed E-state index contributed by atoms with van der Waals surface area (Å²) in [4.78, 5) is 12.4. The smallest absolute Gasteiger partial charge is 0.259 e. The lowest BCUT2D eigenvalue weighted by atomic mass is 9.83. The molecule has 21 heavy (non-hydrogen) atoms. The van der Waals surface area contributed by atoms with Crippen molar-refractivity contribution < 1.29 is 4.79 Å². The van der Waals surface area contributed by atoms with Crippen LogP contribution in [-0.4, -0.2) is 15.7 Å². The molecule has 0 spiro atoms. The Kier molecular flexibility index (Phi) is 3.90. The van der Waals surface area contributed by atoms with Gasteiger partial charge in [0, 0.05) is 18.9 Å². The summed E-state index contributed by atoms with van der Waals surface area (Å²) in [5.41, 5.74) is 4.60. The van der Waals surface area contributed by atoms with Crippen molar-refractivity contribution in [3.8, 4) is 0 Å². The van der Waals surface area contributed by atoms with Crippen molar-refractivity contribution in [1.29, 1.82) is 0 Å². The molecule has 1 aromatic carbocycles. The molecule has 1 N–H and O–H groups in total. The predicted octanol–water partition coefficient (Wildman–Crippen LogP) is 3.59. The minimum absolute atomic E-state index is 0.0506. The third-order valence-corrected chi connectivity index (χ3v) is 3.65. The van der Waals surface area contributed by atoms with Gasteiger partial charge in [-0.05, 0) is 36.5 Å². The van der Waals surface area contributed by atoms with Crippen molar-refractivity contribution in [1.82, 2.24) is 9.78 Å². The molecule has 0 saturated heterocycles. The van der Waals surface area contributed by atoms with Crippen molar-refractivity contribution in [2.45, 2.75) is 40.0 Å². The zero-order valence-electron chi connectivity index (χ0n) is 13.6. The summed E-state index contributed by atoms with van der Waals surface area (Å²) in [5, 5.41) is 7.21. The van der Waals surface area contributed by atoms with Crippen LogP contribution in [-0.2, 0) is 12.5 Å². The molecule has 4 heteroatoms. The Balaban J connectivity index is 2.32. The highest BCUT2D eigenvalue weighted by Gasteiger charge is 2.19. The van der Waals surface area contributed by atoms with Crippen LogP contribution in [0.25, 0.3) is 0 Å². The van der Waals surface area contributed by atoms with Crippen LogP contribution in [0, 0.1) is 13.8 Å². The Bertz CT molecular complexity index is 678. The highest BCUT2D eigenvalue weighted by Crippen LogP contribution is 2.30. The molecule has 112 valence electrons. The van der Waals surface area contributed by atoms with E-state index < -0.39 is 0 Å². The summed E-state index contributed by atoms with van der Waals surface area (Å²) in [6, 6.07) is 6.04. The number of rotatable bonds is 2. The maximum atomic E-state index is 12.4. The molecule has 1 heterocycles. The Labute approximate surface area is 126 Å². The van der Waals surface area contributed by atoms with Crippen LogP contribution in [0.3, 0.4) is 0 Å². The van der Waals surface area contributed by atoms with Crippen molar-refractivity contribution in [2.24, 2.45) is 7.05 Å². The summed E-state index contributed by atoms with van der Waals surface area (Å²) in [5.74, 6) is -0.116. The number of aryl methyl sites for hydroxylation is 2. The van der Waals surface area contributed by atoms with E-state index in [1.165, 1.54) is 5.56 Å². The Morgan fingerprint density at radius 3 is 2.43 bits per heavy atom. The van der Waals surface area contributed by atoms with Gasteiger partial charge in [-0.25, -0.2) is 0 Å². The summed E-state index contributed by atoms with van der Waals surface area (Å²) in [6.07, 6.45) is 1.74. The van der Waals surface area contributed by atoms with Gasteiger partial charge in [0.05, 0.1) is 11.3 Å². The third-order valence-electron chi connectivity index (χ3n) is 3.65. The van der Waals surface area contributed by atoms with Crippen LogP contribution in [0.4, 0.5) is 5.69 Å². The number of carbonyl (C=O) groups excluding carboxylic acids is 1. The molecule has 2 rings (SSSR count). The van der Waals surface area contributed by atoms with E-state index in [0.29, 0.717) is 5.56 Å². The number of nitrogens with zero attached hydrogens (tertiary/aromatic N) is 2. The number of nitrogens with one attached hydrogen (secondary N) is 1. The Hall–Kier alpha value is -2.10. The van der Waals surface area contributed by atoms with Crippen LogP contribution < -0.4 is 5.32 Å². The molecular weight excluding hydrogens is 262 g/mol. The molecule has 0 fully saturated rings. The maximum absolute atomic E-state index is 12.4. The zero-order chi connectivity index (χ0) is 15.8. The first kappa shape index (κ1) is 15.3. The van der Waals surface area contributed by atoms with Gasteiger partial charge in [-0.2, -0.15) is 5.10 Å². The zero-order valence-corrected chi connectivity index (χ0v) is 13.6. The molecule has 0 aliphatic carbocycles. The second kappa shape index (κ2) is 5.35. The van der Waals surface area contributed by atoms with Crippen molar-refractivity contribution in [2.75, 3.05) is 5.32 Å². The minimum atomic E-state index is -0.116. The monoisotopic (exact) mass is 285 g/mol. The number of aromatic nitrogens is 2. The van der Waals surface area contributed by atoms with Gasteiger partial charge in [-0.1, -0.05) is 32.9 Å². The van der Waals surface area contributed by atoms with Gasteiger partial charge in [0.1, 0.15) is 0 Å². The normalized spacial score (nSPS) is 11.5. The van der Waals surface area contributed by atoms with Crippen LogP contribution >= 0.6 is 0 Å². The lowest BCUT2D eigenvalue weighted by Crippen LogP contribution is -2.17. The minimum Gasteiger partial charge on any atom is -0.322 e. The van der Waals surface area contributed by atoms with E-state index in [2.05, 4.69) is 37.3 Å². The summed E-state index contributed by atoms with van der Waals surface area (Å²) in [6.45, 7) is 10.4. The fraction of sp³-hybridized carbons (Fsp3) is 0.412. The predicted molar refractivity (Wildman–Crippen MR) is 85.8 cm³/mol. The molecule has 0 bridgehead atoms. The topological polar surface area (TPSA) is 46.9 Å². The van der Waals surface area contributed by atoms with Gasteiger partial charge >= 0.3 is 0 Å². The van der Waals surface area contributed by atoms with Gasteiger partial charge in [0.2, 0.25) is 0 Å². The Morgan fingerprint density at radius 2 is 1.90 bits per heavy atom. The molecule has 1 aromatic heterocycles. The number of amides is 1. The van der Waals surface area contributed by atoms with Crippen LogP contribution in [0.15, 0.2) is 24.4 Å². The third kappa shape index (κ3) is 3.15. The van der Waals surface area contributed by atoms with E-state index in [9.17, 15) is 4.79 Å². The first-order chi connectivity index (χ1) is 9.70. The summed E-state index contributed by atoms with van der Waals surface area (Å²) < 4.78 is 1.66. The van der Waals surface area contributed by atoms with Crippen molar-refractivity contribution in [3.63, 3.8) is 0 Å². The highest BCUT2D eigenvalue weighted by atomic mass is 16.1. The fourth-order valence-electron chi connectivity index (χ4n) is 2.60. The Morgan fingerprint density at radius 1 is 1.24 bits per heavy atom. The van der Waals surface area contributed by atoms with E-state index in [0.717, 1.165) is 16.9 Å². The van der Waals surface area contributed by atoms with E-state index in [1.54, 1.807) is 10.9 Å². The quantitative estimate of drug-likeness (QED) is 0.916. The van der Waals surface area contributed by atoms with Crippen LogP contribution in [0.5, 0.6) is 0 Å². The SMILES string of the molecule is Cc1nn(C)cc1C(=O)Nc1cccc(C(C)(C)C)c1C. The number of hydrogen-bond donors (Lipinski definition) is 1. The molecule has 0 atom stereocenters. The maximum Gasteiger partial charge on any atom is 0.259 e. The molecule has 2 aromatic rings. The molecule has 0 radical (unpaired) electrons. The summed E-state index contributed by atoms with van der Waals surface area (Å²) >= 11 is 0. The van der Waals surface area contributed by atoms with E-state index in [1.807, 2.05) is 33.0 Å². The first-order valence-corrected chi connectivity index (χ1v) is 7.12. The van der Waals surface area contributed by atoms with E-state index in [4.69, 9.17) is 0 Å². The number of benzene rings is 1. The number of anilines is 1. The van der Waals surface area contributed by atoms with E-state index >= 15 is 0 Å². The largest absolute Gasteiger partial charge is 0.322 e. The van der Waals surface area contributed by atoms with E-state index in [-0.39, 0.29) is 11.3 Å². The lowest BCUT2D eigenvalue weighted by molar-refractivity contribution is 0.102. The molecule has 0 unspecified atom stereocenters. The summed E-state index contributed by atoms with van der Waals surface area (Å²) in [7, 11) is 1.81. The van der Waals surface area contributed by atoms with Gasteiger partial charge in [-0.15, -0.1) is 0 Å².